The van der Waals surface area contributed by atoms with Gasteiger partial charge in [-0.1, -0.05) is 35.3 Å². The molecule has 0 fully saturated rings. The van der Waals surface area contributed by atoms with E-state index in [4.69, 9.17) is 27.9 Å². The molecule has 1 aromatic heterocycles. The van der Waals surface area contributed by atoms with Gasteiger partial charge in [-0.05, 0) is 30.3 Å². The first-order valence-electron chi connectivity index (χ1n) is 6.53. The van der Waals surface area contributed by atoms with E-state index in [1.807, 2.05) is 0 Å². The van der Waals surface area contributed by atoms with Crippen LogP contribution < -0.4 is 10.3 Å². The van der Waals surface area contributed by atoms with Crippen molar-refractivity contribution in [3.63, 3.8) is 0 Å². The Labute approximate surface area is 140 Å². The Morgan fingerprint density at radius 2 is 1.78 bits per heavy atom. The Balaban J connectivity index is 2.01. The number of ether oxygens (including phenoxy) is 1. The molecule has 116 valence electrons. The van der Waals surface area contributed by atoms with Gasteiger partial charge in [0, 0.05) is 12.1 Å². The Bertz CT molecular complexity index is 928. The zero-order chi connectivity index (χ0) is 16.4. The van der Waals surface area contributed by atoms with Gasteiger partial charge in [0.1, 0.15) is 11.6 Å². The first kappa shape index (κ1) is 15.5. The van der Waals surface area contributed by atoms with Crippen LogP contribution in [0.2, 0.25) is 10.0 Å². The van der Waals surface area contributed by atoms with Crippen molar-refractivity contribution in [2.45, 2.75) is 0 Å². The fourth-order valence-corrected chi connectivity index (χ4v) is 2.34. The molecule has 0 atom stereocenters. The van der Waals surface area contributed by atoms with E-state index in [9.17, 15) is 9.18 Å². The molecule has 0 aliphatic rings. The van der Waals surface area contributed by atoms with Crippen molar-refractivity contribution in [3.8, 4) is 17.3 Å². The minimum absolute atomic E-state index is 0.0993. The average Bonchev–Trinajstić information content (AvgIpc) is 2.52. The third-order valence-corrected chi connectivity index (χ3v) is 3.58. The molecule has 0 radical (unpaired) electrons. The summed E-state index contributed by atoms with van der Waals surface area (Å²) in [5, 5.41) is 4.58. The Morgan fingerprint density at radius 1 is 1.00 bits per heavy atom. The minimum atomic E-state index is -0.476. The number of hydrogen-bond donors (Lipinski definition) is 0. The summed E-state index contributed by atoms with van der Waals surface area (Å²) in [6.45, 7) is 0. The van der Waals surface area contributed by atoms with Gasteiger partial charge in [-0.2, -0.15) is 4.68 Å². The van der Waals surface area contributed by atoms with Gasteiger partial charge < -0.3 is 4.74 Å². The minimum Gasteiger partial charge on any atom is -0.436 e. The van der Waals surface area contributed by atoms with E-state index < -0.39 is 5.82 Å². The lowest BCUT2D eigenvalue weighted by molar-refractivity contribution is 0.446. The SMILES string of the molecule is O=c1ccc(Oc2ccc(F)cc2Cl)nn1-c1ccccc1Cl. The van der Waals surface area contributed by atoms with Crippen LogP contribution in [0.25, 0.3) is 5.69 Å². The largest absolute Gasteiger partial charge is 0.436 e. The van der Waals surface area contributed by atoms with Crippen molar-refractivity contribution in [1.29, 1.82) is 0 Å². The predicted octanol–water partition coefficient (Wildman–Crippen LogP) is 4.47. The molecule has 23 heavy (non-hydrogen) atoms. The van der Waals surface area contributed by atoms with Gasteiger partial charge in [0.25, 0.3) is 5.56 Å². The number of halogens is 3. The molecule has 0 spiro atoms. The lowest BCUT2D eigenvalue weighted by atomic mass is 10.3. The van der Waals surface area contributed by atoms with Gasteiger partial charge in [-0.3, -0.25) is 4.79 Å². The standard InChI is InChI=1S/C16H9Cl2FN2O2/c17-11-3-1-2-4-13(11)21-16(22)8-7-15(20-21)23-14-6-5-10(19)9-12(14)18/h1-9H. The van der Waals surface area contributed by atoms with Crippen molar-refractivity contribution >= 4 is 23.2 Å². The summed E-state index contributed by atoms with van der Waals surface area (Å²) in [4.78, 5) is 12.0. The number of hydrogen-bond acceptors (Lipinski definition) is 3. The number of benzene rings is 2. The fraction of sp³-hybridized carbons (Fsp3) is 0. The van der Waals surface area contributed by atoms with E-state index in [1.165, 1.54) is 24.3 Å². The van der Waals surface area contributed by atoms with Gasteiger partial charge in [-0.25, -0.2) is 4.39 Å². The van der Waals surface area contributed by atoms with Crippen LogP contribution in [0.15, 0.2) is 59.4 Å². The second-order valence-electron chi connectivity index (χ2n) is 4.55. The fourth-order valence-electron chi connectivity index (χ4n) is 1.92. The molecule has 0 saturated heterocycles. The first-order valence-corrected chi connectivity index (χ1v) is 7.28. The molecule has 0 N–H and O–H groups in total. The molecule has 0 unspecified atom stereocenters. The van der Waals surface area contributed by atoms with Crippen LogP contribution in [-0.2, 0) is 0 Å². The van der Waals surface area contributed by atoms with Crippen molar-refractivity contribution in [2.24, 2.45) is 0 Å². The quantitative estimate of drug-likeness (QED) is 0.699. The Hall–Kier alpha value is -2.37. The molecule has 4 nitrogen and oxygen atoms in total. The second-order valence-corrected chi connectivity index (χ2v) is 5.36. The molecule has 0 saturated carbocycles. The number of rotatable bonds is 3. The highest BCUT2D eigenvalue weighted by Crippen LogP contribution is 2.28. The van der Waals surface area contributed by atoms with Crippen molar-refractivity contribution in [3.05, 3.63) is 80.8 Å². The van der Waals surface area contributed by atoms with Crippen molar-refractivity contribution < 1.29 is 9.13 Å². The zero-order valence-corrected chi connectivity index (χ0v) is 13.1. The van der Waals surface area contributed by atoms with E-state index in [2.05, 4.69) is 5.10 Å². The van der Waals surface area contributed by atoms with Crippen molar-refractivity contribution in [1.82, 2.24) is 9.78 Å². The number of nitrogens with zero attached hydrogens (tertiary/aromatic N) is 2. The average molecular weight is 351 g/mol. The maximum atomic E-state index is 13.1. The summed E-state index contributed by atoms with van der Waals surface area (Å²) in [5.74, 6) is -0.126. The Morgan fingerprint density at radius 3 is 2.52 bits per heavy atom. The molecule has 0 aliphatic heterocycles. The van der Waals surface area contributed by atoms with E-state index in [0.717, 1.165) is 10.7 Å². The van der Waals surface area contributed by atoms with Gasteiger partial charge in [-0.15, -0.1) is 5.10 Å². The molecule has 0 amide bonds. The topological polar surface area (TPSA) is 44.1 Å². The Kier molecular flexibility index (Phi) is 4.32. The molecule has 0 bridgehead atoms. The maximum Gasteiger partial charge on any atom is 0.271 e. The molecular weight excluding hydrogens is 342 g/mol. The maximum absolute atomic E-state index is 13.1. The van der Waals surface area contributed by atoms with Crippen LogP contribution in [-0.4, -0.2) is 9.78 Å². The third kappa shape index (κ3) is 3.36. The van der Waals surface area contributed by atoms with Gasteiger partial charge in [0.15, 0.2) is 0 Å². The summed E-state index contributed by atoms with van der Waals surface area (Å²) in [6.07, 6.45) is 0. The van der Waals surface area contributed by atoms with Gasteiger partial charge >= 0.3 is 0 Å². The summed E-state index contributed by atoms with van der Waals surface area (Å²) in [5.41, 5.74) is 0.0606. The lowest BCUT2D eigenvalue weighted by Gasteiger charge is -2.10. The molecule has 1 heterocycles. The summed E-state index contributed by atoms with van der Waals surface area (Å²) >= 11 is 12.0. The van der Waals surface area contributed by atoms with Crippen LogP contribution in [0.1, 0.15) is 0 Å². The summed E-state index contributed by atoms with van der Waals surface area (Å²) < 4.78 is 19.7. The highest BCUT2D eigenvalue weighted by Gasteiger charge is 2.10. The number of aromatic nitrogens is 2. The van der Waals surface area contributed by atoms with E-state index in [-0.39, 0.29) is 22.2 Å². The van der Waals surface area contributed by atoms with E-state index in [1.54, 1.807) is 24.3 Å². The van der Waals surface area contributed by atoms with E-state index in [0.29, 0.717) is 10.7 Å². The second kappa shape index (κ2) is 6.40. The molecular formula is C16H9Cl2FN2O2. The van der Waals surface area contributed by atoms with Crippen LogP contribution in [0.4, 0.5) is 4.39 Å². The summed E-state index contributed by atoms with van der Waals surface area (Å²) in [6, 6.07) is 13.2. The van der Waals surface area contributed by atoms with Crippen LogP contribution in [0.3, 0.4) is 0 Å². The molecule has 3 rings (SSSR count). The van der Waals surface area contributed by atoms with Gasteiger partial charge in [0.05, 0.1) is 15.7 Å². The van der Waals surface area contributed by atoms with Crippen molar-refractivity contribution in [2.75, 3.05) is 0 Å². The molecule has 2 aromatic carbocycles. The normalized spacial score (nSPS) is 10.6. The highest BCUT2D eigenvalue weighted by atomic mass is 35.5. The lowest BCUT2D eigenvalue weighted by Crippen LogP contribution is -2.20. The zero-order valence-electron chi connectivity index (χ0n) is 11.5. The third-order valence-electron chi connectivity index (χ3n) is 2.96. The molecule has 7 heteroatoms. The van der Waals surface area contributed by atoms with E-state index >= 15 is 0 Å². The number of para-hydroxylation sites is 1. The smallest absolute Gasteiger partial charge is 0.271 e. The monoisotopic (exact) mass is 350 g/mol. The highest BCUT2D eigenvalue weighted by molar-refractivity contribution is 6.32. The first-order chi connectivity index (χ1) is 11.0. The summed E-state index contributed by atoms with van der Waals surface area (Å²) in [7, 11) is 0. The molecule has 3 aromatic rings. The van der Waals surface area contributed by atoms with Gasteiger partial charge in [0.2, 0.25) is 5.88 Å². The predicted molar refractivity (Wildman–Crippen MR) is 86.3 cm³/mol. The molecule has 0 aliphatic carbocycles. The van der Waals surface area contributed by atoms with Crippen LogP contribution >= 0.6 is 23.2 Å². The van der Waals surface area contributed by atoms with Crippen LogP contribution in [0.5, 0.6) is 11.6 Å². The van der Waals surface area contributed by atoms with Crippen LogP contribution in [0, 0.1) is 5.82 Å².